The number of carbonyl (C=O) groups is 1. The molecule has 200 valence electrons. The highest BCUT2D eigenvalue weighted by molar-refractivity contribution is 5.97. The number of hydrogen-bond acceptors (Lipinski definition) is 9. The van der Waals surface area contributed by atoms with E-state index < -0.39 is 23.6 Å². The molecule has 0 fully saturated rings. The maximum absolute atomic E-state index is 13.7. The second-order valence-electron chi connectivity index (χ2n) is 9.00. The molecule has 0 saturated heterocycles. The molecule has 4 aromatic heterocycles. The van der Waals surface area contributed by atoms with Crippen molar-refractivity contribution in [2.45, 2.75) is 25.9 Å². The summed E-state index contributed by atoms with van der Waals surface area (Å²) < 4.78 is 27.0. The molecule has 1 aromatic carbocycles. The number of nitrogens with one attached hydrogen (secondary N) is 3. The zero-order valence-corrected chi connectivity index (χ0v) is 21.3. The number of benzene rings is 1. The molecule has 13 heteroatoms. The van der Waals surface area contributed by atoms with E-state index in [1.807, 2.05) is 31.2 Å². The average molecular weight is 541 g/mol. The molecule has 2 atom stereocenters. The van der Waals surface area contributed by atoms with Crippen LogP contribution in [0.1, 0.15) is 53.2 Å². The molecular weight excluding hydrogens is 518 g/mol. The lowest BCUT2D eigenvalue weighted by Gasteiger charge is -2.19. The van der Waals surface area contributed by atoms with E-state index in [-0.39, 0.29) is 23.2 Å². The number of hydrogen-bond donors (Lipinski definition) is 4. The van der Waals surface area contributed by atoms with Crippen LogP contribution < -0.4 is 16.4 Å². The standard InChI is InChI=1S/C27H22F2N10O/c1-13(15-3-5-20(28)21(29)8-15)36-27(40)23-26(34-12-18(9-30)37-23)35-14(2)16-4-6-22(32-10-16)17-7-19-24(31)38-39-25(19)33-11-17/h3-8,10-14H,1-2H3,(H,34,35)(H,36,40)(H3,31,33,38,39)/t13-,14+/m0/s1. The maximum Gasteiger partial charge on any atom is 0.274 e. The molecule has 11 nitrogen and oxygen atoms in total. The molecule has 0 unspecified atom stereocenters. The predicted molar refractivity (Wildman–Crippen MR) is 143 cm³/mol. The number of aromatic amines is 1. The van der Waals surface area contributed by atoms with Crippen LogP contribution in [-0.4, -0.2) is 36.0 Å². The lowest BCUT2D eigenvalue weighted by atomic mass is 10.1. The molecule has 1 amide bonds. The molecule has 0 aliphatic carbocycles. The number of pyridine rings is 2. The fraction of sp³-hybridized carbons (Fsp3) is 0.148. The second kappa shape index (κ2) is 10.7. The Kier molecular flexibility index (Phi) is 6.98. The summed E-state index contributed by atoms with van der Waals surface area (Å²) in [6, 6.07) is 9.74. The van der Waals surface area contributed by atoms with Crippen LogP contribution in [0.4, 0.5) is 20.4 Å². The summed E-state index contributed by atoms with van der Waals surface area (Å²) in [7, 11) is 0. The number of halogens is 2. The minimum Gasteiger partial charge on any atom is -0.382 e. The zero-order chi connectivity index (χ0) is 28.4. The SMILES string of the molecule is C[C@H](NC(=O)c1nc(C#N)cnc1N[C@H](C)c1ccc(-c2cnc3[nH]nc(N)c3c2)nc1)c1ccc(F)c(F)c1. The number of carbonyl (C=O) groups excluding carboxylic acids is 1. The first-order valence-electron chi connectivity index (χ1n) is 12.1. The van der Waals surface area contributed by atoms with E-state index in [4.69, 9.17) is 5.73 Å². The number of nitriles is 1. The van der Waals surface area contributed by atoms with Gasteiger partial charge in [0.05, 0.1) is 29.4 Å². The van der Waals surface area contributed by atoms with Gasteiger partial charge in [0.2, 0.25) is 0 Å². The van der Waals surface area contributed by atoms with Gasteiger partial charge in [0, 0.05) is 18.0 Å². The minimum absolute atomic E-state index is 0.0568. The third kappa shape index (κ3) is 5.23. The van der Waals surface area contributed by atoms with Crippen LogP contribution in [0.25, 0.3) is 22.3 Å². The van der Waals surface area contributed by atoms with Crippen molar-refractivity contribution in [2.75, 3.05) is 11.1 Å². The van der Waals surface area contributed by atoms with E-state index in [0.29, 0.717) is 28.1 Å². The fourth-order valence-corrected chi connectivity index (χ4v) is 4.02. The van der Waals surface area contributed by atoms with Crippen LogP contribution >= 0.6 is 0 Å². The van der Waals surface area contributed by atoms with Gasteiger partial charge in [-0.2, -0.15) is 10.4 Å². The second-order valence-corrected chi connectivity index (χ2v) is 9.00. The topological polar surface area (TPSA) is 171 Å². The number of nitrogens with two attached hydrogens (primary N) is 1. The monoisotopic (exact) mass is 540 g/mol. The van der Waals surface area contributed by atoms with Crippen LogP contribution in [0.15, 0.2) is 55.0 Å². The summed E-state index contributed by atoms with van der Waals surface area (Å²) in [6.07, 6.45) is 4.59. The van der Waals surface area contributed by atoms with Crippen LogP contribution in [0.2, 0.25) is 0 Å². The number of amides is 1. The molecule has 40 heavy (non-hydrogen) atoms. The van der Waals surface area contributed by atoms with Gasteiger partial charge in [-0.05, 0) is 49.2 Å². The van der Waals surface area contributed by atoms with Crippen molar-refractivity contribution >= 4 is 28.6 Å². The van der Waals surface area contributed by atoms with Gasteiger partial charge >= 0.3 is 0 Å². The van der Waals surface area contributed by atoms with Gasteiger partial charge in [-0.3, -0.25) is 14.9 Å². The Balaban J connectivity index is 1.35. The van der Waals surface area contributed by atoms with Crippen molar-refractivity contribution in [1.82, 2.24) is 35.5 Å². The van der Waals surface area contributed by atoms with Crippen molar-refractivity contribution < 1.29 is 13.6 Å². The highest BCUT2D eigenvalue weighted by Crippen LogP contribution is 2.26. The van der Waals surface area contributed by atoms with E-state index in [1.54, 1.807) is 19.3 Å². The van der Waals surface area contributed by atoms with Crippen molar-refractivity contribution in [1.29, 1.82) is 5.26 Å². The van der Waals surface area contributed by atoms with Crippen LogP contribution in [0.5, 0.6) is 0 Å². The Hall–Kier alpha value is -5.51. The highest BCUT2D eigenvalue weighted by atomic mass is 19.2. The molecule has 5 N–H and O–H groups in total. The van der Waals surface area contributed by atoms with E-state index in [2.05, 4.69) is 40.8 Å². The van der Waals surface area contributed by atoms with E-state index >= 15 is 0 Å². The van der Waals surface area contributed by atoms with Crippen molar-refractivity contribution in [2.24, 2.45) is 0 Å². The summed E-state index contributed by atoms with van der Waals surface area (Å²) in [4.78, 5) is 30.3. The number of nitrogens with zero attached hydrogens (tertiary/aromatic N) is 6. The van der Waals surface area contributed by atoms with Gasteiger partial charge in [0.15, 0.2) is 40.3 Å². The molecule has 0 radical (unpaired) electrons. The number of H-pyrrole nitrogens is 1. The van der Waals surface area contributed by atoms with E-state index in [9.17, 15) is 18.8 Å². The summed E-state index contributed by atoms with van der Waals surface area (Å²) in [6.45, 7) is 3.46. The summed E-state index contributed by atoms with van der Waals surface area (Å²) in [5, 5.41) is 22.5. The van der Waals surface area contributed by atoms with E-state index in [0.717, 1.165) is 23.3 Å². The van der Waals surface area contributed by atoms with E-state index in [1.165, 1.54) is 12.3 Å². The van der Waals surface area contributed by atoms with Crippen LogP contribution in [0.3, 0.4) is 0 Å². The smallest absolute Gasteiger partial charge is 0.274 e. The van der Waals surface area contributed by atoms with Crippen LogP contribution in [-0.2, 0) is 0 Å². The quantitative estimate of drug-likeness (QED) is 0.236. The number of rotatable bonds is 7. The molecule has 0 spiro atoms. The summed E-state index contributed by atoms with van der Waals surface area (Å²) >= 11 is 0. The van der Waals surface area contributed by atoms with Crippen LogP contribution in [0, 0.1) is 23.0 Å². The molecule has 0 bridgehead atoms. The Morgan fingerprint density at radius 1 is 1.00 bits per heavy atom. The van der Waals surface area contributed by atoms with Crippen molar-refractivity contribution in [3.8, 4) is 17.3 Å². The van der Waals surface area contributed by atoms with Gasteiger partial charge in [-0.15, -0.1) is 0 Å². The van der Waals surface area contributed by atoms with Gasteiger partial charge in [0.25, 0.3) is 5.91 Å². The Morgan fingerprint density at radius 2 is 1.80 bits per heavy atom. The molecule has 0 aliphatic heterocycles. The Labute approximate surface area is 226 Å². The lowest BCUT2D eigenvalue weighted by Crippen LogP contribution is -2.29. The van der Waals surface area contributed by atoms with Crippen molar-refractivity contribution in [3.63, 3.8) is 0 Å². The number of aromatic nitrogens is 6. The number of anilines is 2. The molecule has 5 aromatic rings. The first kappa shape index (κ1) is 26.1. The normalized spacial score (nSPS) is 12.5. The summed E-state index contributed by atoms with van der Waals surface area (Å²) in [5.41, 5.74) is 8.87. The van der Waals surface area contributed by atoms with Gasteiger partial charge < -0.3 is 16.4 Å². The molecule has 0 aliphatic rings. The van der Waals surface area contributed by atoms with Gasteiger partial charge in [0.1, 0.15) is 6.07 Å². The minimum atomic E-state index is -1.02. The first-order chi connectivity index (χ1) is 19.2. The summed E-state index contributed by atoms with van der Waals surface area (Å²) in [5.74, 6) is -2.18. The molecule has 4 heterocycles. The predicted octanol–water partition coefficient (Wildman–Crippen LogP) is 4.21. The van der Waals surface area contributed by atoms with Crippen molar-refractivity contribution in [3.05, 3.63) is 89.1 Å². The zero-order valence-electron chi connectivity index (χ0n) is 21.3. The number of fused-ring (bicyclic) bond motifs is 1. The first-order valence-corrected chi connectivity index (χ1v) is 12.1. The molecule has 5 rings (SSSR count). The highest BCUT2D eigenvalue weighted by Gasteiger charge is 2.21. The number of nitrogen functional groups attached to an aromatic ring is 1. The van der Waals surface area contributed by atoms with Gasteiger partial charge in [-0.1, -0.05) is 12.1 Å². The average Bonchev–Trinajstić information content (AvgIpc) is 3.34. The molecular formula is C27H22F2N10O. The third-order valence-corrected chi connectivity index (χ3v) is 6.27. The van der Waals surface area contributed by atoms with Gasteiger partial charge in [-0.25, -0.2) is 23.7 Å². The maximum atomic E-state index is 13.7. The Bertz CT molecular complexity index is 1760. The lowest BCUT2D eigenvalue weighted by molar-refractivity contribution is 0.0935. The fourth-order valence-electron chi connectivity index (χ4n) is 4.02. The Morgan fingerprint density at radius 3 is 2.52 bits per heavy atom. The molecule has 0 saturated carbocycles. The third-order valence-electron chi connectivity index (χ3n) is 6.27. The largest absolute Gasteiger partial charge is 0.382 e.